The zero-order valence-electron chi connectivity index (χ0n) is 14.4. The summed E-state index contributed by atoms with van der Waals surface area (Å²) in [4.78, 5) is 13.2. The molecule has 0 unspecified atom stereocenters. The van der Waals surface area contributed by atoms with E-state index in [0.717, 1.165) is 40.1 Å². The molecule has 2 aromatic heterocycles. The Morgan fingerprint density at radius 1 is 1.00 bits per heavy atom. The van der Waals surface area contributed by atoms with Crippen LogP contribution in [0.5, 0.6) is 0 Å². The smallest absolute Gasteiger partial charge is 0.193 e. The number of benzene rings is 1. The molecule has 0 aliphatic carbocycles. The van der Waals surface area contributed by atoms with Gasteiger partial charge in [0, 0.05) is 43.0 Å². The molecule has 128 valence electrons. The predicted molar refractivity (Wildman–Crippen MR) is 103 cm³/mol. The van der Waals surface area contributed by atoms with Crippen molar-refractivity contribution in [2.75, 3.05) is 18.0 Å². The van der Waals surface area contributed by atoms with Crippen LogP contribution in [0.1, 0.15) is 19.3 Å². The second-order valence-electron chi connectivity index (χ2n) is 6.41. The van der Waals surface area contributed by atoms with Crippen molar-refractivity contribution in [2.45, 2.75) is 29.3 Å². The van der Waals surface area contributed by atoms with Gasteiger partial charge in [-0.1, -0.05) is 30.3 Å². The van der Waals surface area contributed by atoms with E-state index in [1.165, 1.54) is 19.3 Å². The average Bonchev–Trinajstić information content (AvgIpc) is 3.08. The molecule has 0 atom stereocenters. The highest BCUT2D eigenvalue weighted by molar-refractivity contribution is 7.99. The molecule has 3 aromatic rings. The van der Waals surface area contributed by atoms with Crippen LogP contribution in [-0.4, -0.2) is 27.6 Å². The van der Waals surface area contributed by atoms with Gasteiger partial charge in [-0.05, 0) is 37.1 Å². The second-order valence-corrected chi connectivity index (χ2v) is 7.46. The van der Waals surface area contributed by atoms with E-state index in [-0.39, 0.29) is 0 Å². The maximum atomic E-state index is 4.92. The Morgan fingerprint density at radius 2 is 1.80 bits per heavy atom. The first kappa shape index (κ1) is 16.2. The molecule has 3 heterocycles. The number of aromatic nitrogens is 3. The molecular weight excluding hydrogens is 328 g/mol. The van der Waals surface area contributed by atoms with Crippen LogP contribution in [0.4, 0.5) is 5.69 Å². The van der Waals surface area contributed by atoms with E-state index in [4.69, 9.17) is 4.98 Å². The third kappa shape index (κ3) is 3.71. The molecule has 4 nitrogen and oxygen atoms in total. The van der Waals surface area contributed by atoms with Crippen molar-refractivity contribution >= 4 is 17.4 Å². The summed E-state index contributed by atoms with van der Waals surface area (Å²) in [5, 5.41) is 0.797. The van der Waals surface area contributed by atoms with Crippen LogP contribution in [0.2, 0.25) is 0 Å². The van der Waals surface area contributed by atoms with Gasteiger partial charge in [0.25, 0.3) is 0 Å². The molecule has 0 radical (unpaired) electrons. The largest absolute Gasteiger partial charge is 0.369 e. The molecule has 0 amide bonds. The molecule has 5 heteroatoms. The molecule has 1 aliphatic rings. The lowest BCUT2D eigenvalue weighted by Gasteiger charge is -2.30. The fraction of sp³-hybridized carbons (Fsp3) is 0.300. The normalized spacial score (nSPS) is 14.7. The van der Waals surface area contributed by atoms with Gasteiger partial charge in [0.2, 0.25) is 0 Å². The standard InChI is InChI=1S/C20H22N4S/c1-23-13-10-17(15-23)25-20-21-14-18(24-11-6-3-7-12-24)19(22-20)16-8-4-2-5-9-16/h2,4-5,8-10,13-15H,3,6-7,11-12H2,1H3. The van der Waals surface area contributed by atoms with Crippen LogP contribution in [0.3, 0.4) is 0 Å². The Morgan fingerprint density at radius 3 is 2.52 bits per heavy atom. The number of hydrogen-bond donors (Lipinski definition) is 0. The molecule has 1 fully saturated rings. The summed E-state index contributed by atoms with van der Waals surface area (Å²) in [6.07, 6.45) is 9.95. The van der Waals surface area contributed by atoms with E-state index in [2.05, 4.69) is 46.4 Å². The van der Waals surface area contributed by atoms with Gasteiger partial charge < -0.3 is 9.47 Å². The van der Waals surface area contributed by atoms with Crippen molar-refractivity contribution in [1.82, 2.24) is 14.5 Å². The number of piperidine rings is 1. The fourth-order valence-corrected chi connectivity index (χ4v) is 4.03. The zero-order valence-corrected chi connectivity index (χ0v) is 15.2. The Bertz CT molecular complexity index is 838. The molecule has 0 saturated carbocycles. The van der Waals surface area contributed by atoms with Crippen molar-refractivity contribution < 1.29 is 0 Å². The molecule has 0 spiro atoms. The summed E-state index contributed by atoms with van der Waals surface area (Å²) >= 11 is 1.61. The zero-order chi connectivity index (χ0) is 17.1. The molecule has 1 saturated heterocycles. The molecular formula is C20H22N4S. The fourth-order valence-electron chi connectivity index (χ4n) is 3.23. The highest BCUT2D eigenvalue weighted by Gasteiger charge is 2.18. The van der Waals surface area contributed by atoms with Gasteiger partial charge in [-0.15, -0.1) is 0 Å². The number of nitrogens with zero attached hydrogens (tertiary/aromatic N) is 4. The number of aryl methyl sites for hydroxylation is 1. The Balaban J connectivity index is 1.71. The molecule has 25 heavy (non-hydrogen) atoms. The number of anilines is 1. The van der Waals surface area contributed by atoms with Gasteiger partial charge >= 0.3 is 0 Å². The Kier molecular flexibility index (Phi) is 4.74. The maximum Gasteiger partial charge on any atom is 0.193 e. The van der Waals surface area contributed by atoms with E-state index >= 15 is 0 Å². The predicted octanol–water partition coefficient (Wildman–Crippen LogP) is 4.62. The van der Waals surface area contributed by atoms with E-state index in [0.29, 0.717) is 0 Å². The minimum atomic E-state index is 0.797. The molecule has 0 N–H and O–H groups in total. The van der Waals surface area contributed by atoms with Gasteiger partial charge in [-0.25, -0.2) is 9.97 Å². The Labute approximate surface area is 152 Å². The lowest BCUT2D eigenvalue weighted by molar-refractivity contribution is 0.576. The average molecular weight is 350 g/mol. The number of hydrogen-bond acceptors (Lipinski definition) is 4. The first-order chi connectivity index (χ1) is 12.3. The third-order valence-electron chi connectivity index (χ3n) is 4.51. The minimum Gasteiger partial charge on any atom is -0.369 e. The minimum absolute atomic E-state index is 0.797. The lowest BCUT2D eigenvalue weighted by atomic mass is 10.1. The van der Waals surface area contributed by atoms with Crippen LogP contribution in [0, 0.1) is 0 Å². The summed E-state index contributed by atoms with van der Waals surface area (Å²) in [5.74, 6) is 0. The van der Waals surface area contributed by atoms with E-state index in [1.807, 2.05) is 30.1 Å². The van der Waals surface area contributed by atoms with Gasteiger partial charge in [-0.2, -0.15) is 0 Å². The third-order valence-corrected chi connectivity index (χ3v) is 5.36. The van der Waals surface area contributed by atoms with Crippen LogP contribution in [0.15, 0.2) is 65.0 Å². The lowest BCUT2D eigenvalue weighted by Crippen LogP contribution is -2.30. The van der Waals surface area contributed by atoms with Crippen molar-refractivity contribution in [3.8, 4) is 11.3 Å². The van der Waals surface area contributed by atoms with Crippen molar-refractivity contribution in [3.05, 3.63) is 55.0 Å². The SMILES string of the molecule is Cn1ccc(Sc2ncc(N3CCCCC3)c(-c3ccccc3)n2)c1. The monoisotopic (exact) mass is 350 g/mol. The van der Waals surface area contributed by atoms with Gasteiger partial charge in [0.05, 0.1) is 17.6 Å². The first-order valence-electron chi connectivity index (χ1n) is 8.77. The topological polar surface area (TPSA) is 34.0 Å². The van der Waals surface area contributed by atoms with Crippen molar-refractivity contribution in [3.63, 3.8) is 0 Å². The highest BCUT2D eigenvalue weighted by atomic mass is 32.2. The molecule has 1 aliphatic heterocycles. The molecule has 1 aromatic carbocycles. The summed E-state index contributed by atoms with van der Waals surface area (Å²) in [7, 11) is 2.03. The van der Waals surface area contributed by atoms with Gasteiger partial charge in [0.15, 0.2) is 5.16 Å². The van der Waals surface area contributed by atoms with Crippen LogP contribution in [-0.2, 0) is 7.05 Å². The van der Waals surface area contributed by atoms with Crippen LogP contribution in [0.25, 0.3) is 11.3 Å². The summed E-state index contributed by atoms with van der Waals surface area (Å²) in [5.41, 5.74) is 3.35. The van der Waals surface area contributed by atoms with E-state index < -0.39 is 0 Å². The summed E-state index contributed by atoms with van der Waals surface area (Å²) in [6.45, 7) is 2.18. The molecule has 0 bridgehead atoms. The van der Waals surface area contributed by atoms with E-state index in [1.54, 1.807) is 11.8 Å². The van der Waals surface area contributed by atoms with Gasteiger partial charge in [-0.3, -0.25) is 0 Å². The molecule has 4 rings (SSSR count). The second kappa shape index (κ2) is 7.31. The van der Waals surface area contributed by atoms with Gasteiger partial charge in [0.1, 0.15) is 0 Å². The summed E-state index contributed by atoms with van der Waals surface area (Å²) < 4.78 is 2.04. The Hall–Kier alpha value is -2.27. The van der Waals surface area contributed by atoms with Crippen molar-refractivity contribution in [2.24, 2.45) is 7.05 Å². The quantitative estimate of drug-likeness (QED) is 0.643. The highest BCUT2D eigenvalue weighted by Crippen LogP contribution is 2.33. The first-order valence-corrected chi connectivity index (χ1v) is 9.58. The van der Waals surface area contributed by atoms with Crippen molar-refractivity contribution in [1.29, 1.82) is 0 Å². The summed E-state index contributed by atoms with van der Waals surface area (Å²) in [6, 6.07) is 12.5. The van der Waals surface area contributed by atoms with E-state index in [9.17, 15) is 0 Å². The van der Waals surface area contributed by atoms with Crippen LogP contribution < -0.4 is 4.90 Å². The maximum absolute atomic E-state index is 4.92. The van der Waals surface area contributed by atoms with Crippen LogP contribution >= 0.6 is 11.8 Å². The number of rotatable bonds is 4.